The molecule has 152 valence electrons. The Morgan fingerprint density at radius 3 is 2.54 bits per heavy atom. The van der Waals surface area contributed by atoms with Crippen LogP contribution in [0.2, 0.25) is 5.02 Å². The van der Waals surface area contributed by atoms with E-state index in [0.29, 0.717) is 16.9 Å². The van der Waals surface area contributed by atoms with E-state index < -0.39 is 43.5 Å². The molecule has 0 amide bonds. The van der Waals surface area contributed by atoms with E-state index in [2.05, 4.69) is 0 Å². The Hall–Kier alpha value is -1.67. The van der Waals surface area contributed by atoms with E-state index in [4.69, 9.17) is 25.2 Å². The minimum absolute atomic E-state index is 0.114. The quantitative estimate of drug-likeness (QED) is 0.579. The van der Waals surface area contributed by atoms with Gasteiger partial charge in [0, 0.05) is 9.13 Å². The van der Waals surface area contributed by atoms with Crippen LogP contribution < -0.4 is 4.74 Å². The lowest BCUT2D eigenvalue weighted by atomic mass is 9.90. The van der Waals surface area contributed by atoms with Gasteiger partial charge in [-0.05, 0) is 48.2 Å². The Labute approximate surface area is 173 Å². The molecule has 2 aromatic rings. The molecular formula is C21H25ClO6. The van der Waals surface area contributed by atoms with Crippen molar-refractivity contribution >= 4 is 11.6 Å². The zero-order valence-corrected chi connectivity index (χ0v) is 15.8. The number of aliphatic hydroxyl groups is 4. The van der Waals surface area contributed by atoms with Crippen LogP contribution in [0.5, 0.6) is 5.75 Å². The number of halogens is 1. The maximum absolute atomic E-state index is 10.4. The minimum Gasteiger partial charge on any atom is -0.494 e. The summed E-state index contributed by atoms with van der Waals surface area (Å²) in [7, 11) is 0. The van der Waals surface area contributed by atoms with Crippen LogP contribution in [0, 0.1) is 0 Å². The van der Waals surface area contributed by atoms with Crippen LogP contribution in [0.4, 0.5) is 0 Å². The molecule has 1 fully saturated rings. The molecule has 1 aliphatic rings. The first-order chi connectivity index (χ1) is 14.7. The van der Waals surface area contributed by atoms with Gasteiger partial charge in [-0.2, -0.15) is 0 Å². The fraction of sp³-hybridized carbons (Fsp3) is 0.429. The summed E-state index contributed by atoms with van der Waals surface area (Å²) >= 11 is 6.30. The number of aliphatic hydroxyl groups excluding tert-OH is 4. The summed E-state index contributed by atoms with van der Waals surface area (Å²) < 4.78 is 35.3. The number of ether oxygens (including phenoxy) is 2. The predicted octanol–water partition coefficient (Wildman–Crippen LogP) is 1.84. The minimum atomic E-state index is -2.00. The maximum atomic E-state index is 10.4. The lowest BCUT2D eigenvalue weighted by Gasteiger charge is -2.40. The Bertz CT molecular complexity index is 880. The molecule has 3 rings (SSSR count). The first kappa shape index (κ1) is 17.2. The first-order valence-corrected chi connectivity index (χ1v) is 9.21. The van der Waals surface area contributed by atoms with Gasteiger partial charge in [0.05, 0.1) is 13.2 Å². The van der Waals surface area contributed by atoms with Gasteiger partial charge in [-0.25, -0.2) is 0 Å². The SMILES string of the molecule is [2H]CCOc1ccc(C([2H])([2H])c2cc([C@@H]3O[C@H](CO)[C@@H](O)[C@H](O)[C@H]3O)ccc2Cl)cc1. The third kappa shape index (κ3) is 4.49. The Morgan fingerprint density at radius 1 is 1.11 bits per heavy atom. The van der Waals surface area contributed by atoms with Crippen molar-refractivity contribution in [1.29, 1.82) is 0 Å². The van der Waals surface area contributed by atoms with Gasteiger partial charge >= 0.3 is 0 Å². The third-order valence-electron chi connectivity index (χ3n) is 4.61. The summed E-state index contributed by atoms with van der Waals surface area (Å²) in [5.41, 5.74) is 0.789. The van der Waals surface area contributed by atoms with Gasteiger partial charge in [0.2, 0.25) is 0 Å². The zero-order chi connectivity index (χ0) is 22.8. The van der Waals surface area contributed by atoms with Crippen molar-refractivity contribution in [2.24, 2.45) is 0 Å². The van der Waals surface area contributed by atoms with Crippen molar-refractivity contribution in [3.05, 3.63) is 64.2 Å². The molecule has 0 saturated carbocycles. The topological polar surface area (TPSA) is 99.4 Å². The van der Waals surface area contributed by atoms with E-state index in [-0.39, 0.29) is 24.1 Å². The fourth-order valence-electron chi connectivity index (χ4n) is 3.10. The van der Waals surface area contributed by atoms with Gasteiger partial charge < -0.3 is 29.9 Å². The highest BCUT2D eigenvalue weighted by Gasteiger charge is 2.43. The van der Waals surface area contributed by atoms with Gasteiger partial charge in [-0.1, -0.05) is 35.9 Å². The largest absolute Gasteiger partial charge is 0.494 e. The molecule has 7 heteroatoms. The normalized spacial score (nSPS) is 29.6. The molecule has 1 aliphatic heterocycles. The summed E-state index contributed by atoms with van der Waals surface area (Å²) in [6.45, 7) is -0.209. The van der Waals surface area contributed by atoms with Gasteiger partial charge in [0.15, 0.2) is 0 Å². The molecule has 0 aromatic heterocycles. The second kappa shape index (κ2) is 9.22. The molecule has 6 nitrogen and oxygen atoms in total. The molecule has 28 heavy (non-hydrogen) atoms. The molecule has 0 unspecified atom stereocenters. The van der Waals surface area contributed by atoms with Crippen molar-refractivity contribution in [3.8, 4) is 5.75 Å². The Kier molecular flexibility index (Phi) is 5.67. The average Bonchev–Trinajstić information content (AvgIpc) is 2.77. The average molecular weight is 412 g/mol. The molecule has 0 spiro atoms. The van der Waals surface area contributed by atoms with Crippen LogP contribution in [-0.2, 0) is 11.1 Å². The smallest absolute Gasteiger partial charge is 0.119 e. The van der Waals surface area contributed by atoms with Crippen molar-refractivity contribution in [1.82, 2.24) is 0 Å². The van der Waals surface area contributed by atoms with E-state index in [9.17, 15) is 20.4 Å². The predicted molar refractivity (Wildman–Crippen MR) is 105 cm³/mol. The van der Waals surface area contributed by atoms with Crippen LogP contribution >= 0.6 is 11.6 Å². The van der Waals surface area contributed by atoms with Crippen LogP contribution in [0.1, 0.15) is 33.8 Å². The number of benzene rings is 2. The molecule has 5 atom stereocenters. The summed E-state index contributed by atoms with van der Waals surface area (Å²) in [5.74, 6) is 0.521. The lowest BCUT2D eigenvalue weighted by molar-refractivity contribution is -0.231. The van der Waals surface area contributed by atoms with E-state index in [0.717, 1.165) is 0 Å². The molecule has 1 heterocycles. The molecule has 0 aliphatic carbocycles. The van der Waals surface area contributed by atoms with Gasteiger partial charge in [0.1, 0.15) is 36.3 Å². The fourth-order valence-corrected chi connectivity index (χ4v) is 3.27. The van der Waals surface area contributed by atoms with E-state index in [1.54, 1.807) is 24.3 Å². The van der Waals surface area contributed by atoms with E-state index >= 15 is 0 Å². The molecular weight excluding hydrogens is 384 g/mol. The van der Waals surface area contributed by atoms with E-state index in [1.165, 1.54) is 18.2 Å². The van der Waals surface area contributed by atoms with Gasteiger partial charge in [-0.15, -0.1) is 0 Å². The lowest BCUT2D eigenvalue weighted by Crippen LogP contribution is -2.55. The van der Waals surface area contributed by atoms with Gasteiger partial charge in [-0.3, -0.25) is 0 Å². The summed E-state index contributed by atoms with van der Waals surface area (Å²) in [4.78, 5) is 0. The van der Waals surface area contributed by atoms with Crippen molar-refractivity contribution in [3.63, 3.8) is 0 Å². The highest BCUT2D eigenvalue weighted by molar-refractivity contribution is 6.31. The molecule has 4 N–H and O–H groups in total. The van der Waals surface area contributed by atoms with Gasteiger partial charge in [0.25, 0.3) is 0 Å². The second-order valence-electron chi connectivity index (χ2n) is 6.49. The standard InChI is InChI=1S/C21H25ClO6/c1-2-27-15-6-3-12(4-7-15)9-14-10-13(5-8-16(14)22)21-20(26)19(25)18(24)17(11-23)28-21/h3-8,10,17-21,23-26H,2,9,11H2,1H3/t17-,18-,19+,20-,21+/m1/s1/i1D,9D2. The number of hydrogen-bond donors (Lipinski definition) is 4. The van der Waals surface area contributed by atoms with Crippen molar-refractivity contribution < 1.29 is 34.0 Å². The highest BCUT2D eigenvalue weighted by Crippen LogP contribution is 2.34. The van der Waals surface area contributed by atoms with Crippen molar-refractivity contribution in [2.45, 2.75) is 43.8 Å². The third-order valence-corrected chi connectivity index (χ3v) is 4.94. The summed E-state index contributed by atoms with van der Waals surface area (Å²) in [5, 5.41) is 40.0. The van der Waals surface area contributed by atoms with Crippen molar-refractivity contribution in [2.75, 3.05) is 13.2 Å². The second-order valence-corrected chi connectivity index (χ2v) is 6.89. The van der Waals surface area contributed by atoms with Crippen LogP contribution in [0.15, 0.2) is 42.5 Å². The van der Waals surface area contributed by atoms with Crippen LogP contribution in [0.25, 0.3) is 0 Å². The number of hydrogen-bond acceptors (Lipinski definition) is 6. The first-order valence-electron chi connectivity index (χ1n) is 10.5. The van der Waals surface area contributed by atoms with Crippen LogP contribution in [0.3, 0.4) is 0 Å². The highest BCUT2D eigenvalue weighted by atomic mass is 35.5. The summed E-state index contributed by atoms with van der Waals surface area (Å²) in [6.07, 6.45) is -8.67. The van der Waals surface area contributed by atoms with Crippen LogP contribution in [-0.4, -0.2) is 58.1 Å². The molecule has 1 saturated heterocycles. The molecule has 0 radical (unpaired) electrons. The maximum Gasteiger partial charge on any atom is 0.119 e. The Balaban J connectivity index is 1.93. The van der Waals surface area contributed by atoms with E-state index in [1.807, 2.05) is 0 Å². The zero-order valence-electron chi connectivity index (χ0n) is 18.0. The Morgan fingerprint density at radius 2 is 1.86 bits per heavy atom. The molecule has 0 bridgehead atoms. The monoisotopic (exact) mass is 411 g/mol. The summed E-state index contributed by atoms with van der Waals surface area (Å²) in [6, 6.07) is 10.8. The molecule has 2 aromatic carbocycles. The number of rotatable bonds is 6.